The van der Waals surface area contributed by atoms with E-state index in [2.05, 4.69) is 9.68 Å². The lowest BCUT2D eigenvalue weighted by Gasteiger charge is -1.97. The molecule has 0 spiro atoms. The van der Waals surface area contributed by atoms with Gasteiger partial charge in [0.2, 0.25) is 0 Å². The Kier molecular flexibility index (Phi) is 2.28. The van der Waals surface area contributed by atoms with E-state index in [-0.39, 0.29) is 6.07 Å². The van der Waals surface area contributed by atoms with E-state index in [4.69, 9.17) is 10.7 Å². The molecule has 0 atom stereocenters. The van der Waals surface area contributed by atoms with Gasteiger partial charge < -0.3 is 4.52 Å². The van der Waals surface area contributed by atoms with E-state index in [1.54, 1.807) is 0 Å². The smallest absolute Gasteiger partial charge is 0.343 e. The molecule has 1 aromatic heterocycles. The van der Waals surface area contributed by atoms with Crippen molar-refractivity contribution < 1.29 is 26.1 Å². The molecule has 0 unspecified atom stereocenters. The molecule has 9 heteroatoms. The van der Waals surface area contributed by atoms with Crippen LogP contribution in [0.5, 0.6) is 0 Å². The van der Waals surface area contributed by atoms with Crippen molar-refractivity contribution in [1.29, 1.82) is 0 Å². The Balaban J connectivity index is 3.16. The van der Waals surface area contributed by atoms with E-state index in [1.165, 1.54) is 0 Å². The summed E-state index contributed by atoms with van der Waals surface area (Å²) in [4.78, 5) is 0. The largest absolute Gasteiger partial charge is 0.436 e. The van der Waals surface area contributed by atoms with Gasteiger partial charge in [0.15, 0.2) is 5.69 Å². The second-order valence-corrected chi connectivity index (χ2v) is 4.46. The molecule has 0 bridgehead atoms. The monoisotopic (exact) mass is 235 g/mol. The molecule has 0 saturated heterocycles. The van der Waals surface area contributed by atoms with Crippen LogP contribution >= 0.6 is 10.7 Å². The summed E-state index contributed by atoms with van der Waals surface area (Å²) >= 11 is 0. The average molecular weight is 236 g/mol. The molecule has 1 aromatic rings. The fraction of sp³-hybridized carbons (Fsp3) is 0.250. The maximum atomic E-state index is 11.8. The first-order valence-corrected chi connectivity index (χ1v) is 5.01. The highest BCUT2D eigenvalue weighted by Gasteiger charge is 2.36. The van der Waals surface area contributed by atoms with Crippen molar-refractivity contribution in [3.05, 3.63) is 11.8 Å². The highest BCUT2D eigenvalue weighted by Crippen LogP contribution is 2.30. The number of halogens is 4. The Labute approximate surface area is 74.7 Å². The van der Waals surface area contributed by atoms with Gasteiger partial charge in [-0.2, -0.15) is 13.2 Å². The zero-order valence-electron chi connectivity index (χ0n) is 5.67. The van der Waals surface area contributed by atoms with E-state index in [1.807, 2.05) is 0 Å². The zero-order valence-corrected chi connectivity index (χ0v) is 7.24. The lowest BCUT2D eigenvalue weighted by atomic mass is 10.4. The predicted molar refractivity (Wildman–Crippen MR) is 34.5 cm³/mol. The summed E-state index contributed by atoms with van der Waals surface area (Å²) in [5.74, 6) is 0. The second-order valence-electron chi connectivity index (χ2n) is 1.97. The number of nitrogens with zero attached hydrogens (tertiary/aromatic N) is 1. The summed E-state index contributed by atoms with van der Waals surface area (Å²) in [6, 6.07) is 0.211. The van der Waals surface area contributed by atoms with Crippen LogP contribution in [0.1, 0.15) is 5.69 Å². The van der Waals surface area contributed by atoms with Crippen molar-refractivity contribution in [2.24, 2.45) is 0 Å². The summed E-state index contributed by atoms with van der Waals surface area (Å²) in [5, 5.41) is 1.46. The lowest BCUT2D eigenvalue weighted by Crippen LogP contribution is -2.04. The zero-order chi connectivity index (χ0) is 10.3. The van der Waals surface area contributed by atoms with Crippen molar-refractivity contribution in [3.63, 3.8) is 0 Å². The minimum Gasteiger partial charge on any atom is -0.343 e. The van der Waals surface area contributed by atoms with Crippen molar-refractivity contribution in [2.45, 2.75) is 11.3 Å². The molecule has 0 aliphatic carbocycles. The van der Waals surface area contributed by atoms with Crippen molar-refractivity contribution in [3.8, 4) is 0 Å². The molecule has 0 aliphatic heterocycles. The van der Waals surface area contributed by atoms with Crippen LogP contribution in [0.4, 0.5) is 13.2 Å². The van der Waals surface area contributed by atoms with Crippen LogP contribution in [0, 0.1) is 0 Å². The number of hydrogen-bond acceptors (Lipinski definition) is 4. The third-order valence-corrected chi connectivity index (χ3v) is 2.15. The molecule has 74 valence electrons. The van der Waals surface area contributed by atoms with Crippen LogP contribution in [0.25, 0.3) is 0 Å². The van der Waals surface area contributed by atoms with E-state index < -0.39 is 26.0 Å². The first-order chi connectivity index (χ1) is 5.71. The van der Waals surface area contributed by atoms with Gasteiger partial charge in [0.1, 0.15) is 0 Å². The van der Waals surface area contributed by atoms with Gasteiger partial charge in [-0.15, -0.1) is 0 Å². The van der Waals surface area contributed by atoms with Crippen molar-refractivity contribution >= 4 is 19.7 Å². The fourth-order valence-electron chi connectivity index (χ4n) is 0.507. The van der Waals surface area contributed by atoms with Crippen LogP contribution in [-0.2, 0) is 15.2 Å². The van der Waals surface area contributed by atoms with Gasteiger partial charge in [-0.25, -0.2) is 8.42 Å². The molecular formula is C4HClF3NO3S. The third kappa shape index (κ3) is 2.34. The number of aromatic nitrogens is 1. The Morgan fingerprint density at radius 2 is 2.00 bits per heavy atom. The molecule has 0 amide bonds. The molecule has 0 aliphatic rings. The van der Waals surface area contributed by atoms with Gasteiger partial charge in [-0.1, -0.05) is 5.16 Å². The lowest BCUT2D eigenvalue weighted by molar-refractivity contribution is -0.142. The molecule has 1 rings (SSSR count). The molecular weight excluding hydrogens is 235 g/mol. The molecule has 0 aromatic carbocycles. The molecule has 4 nitrogen and oxygen atoms in total. The standard InChI is InChI=1S/C4HClF3NO3S/c5-13(10,11)3-1-2(9-12-3)4(6,7)8/h1H. The number of rotatable bonds is 1. The predicted octanol–water partition coefficient (Wildman–Crippen LogP) is 1.62. The first kappa shape index (κ1) is 10.3. The molecule has 0 saturated carbocycles. The number of hydrogen-bond donors (Lipinski definition) is 0. The summed E-state index contributed by atoms with van der Waals surface area (Å²) in [6.45, 7) is 0. The summed E-state index contributed by atoms with van der Waals surface area (Å²) in [5.41, 5.74) is -1.44. The summed E-state index contributed by atoms with van der Waals surface area (Å²) in [7, 11) is 0.394. The van der Waals surface area contributed by atoms with E-state index in [0.29, 0.717) is 0 Å². The Morgan fingerprint density at radius 1 is 1.46 bits per heavy atom. The normalized spacial score (nSPS) is 13.2. The minimum absolute atomic E-state index is 0.211. The fourth-order valence-corrected chi connectivity index (χ4v) is 1.10. The van der Waals surface area contributed by atoms with Gasteiger partial charge in [0.25, 0.3) is 14.1 Å². The van der Waals surface area contributed by atoms with Crippen LogP contribution in [0.15, 0.2) is 15.7 Å². The second kappa shape index (κ2) is 2.88. The van der Waals surface area contributed by atoms with E-state index >= 15 is 0 Å². The van der Waals surface area contributed by atoms with Gasteiger partial charge >= 0.3 is 6.18 Å². The van der Waals surface area contributed by atoms with Crippen LogP contribution in [0.3, 0.4) is 0 Å². The summed E-state index contributed by atoms with van der Waals surface area (Å²) < 4.78 is 60.2. The minimum atomic E-state index is -4.75. The average Bonchev–Trinajstić information content (AvgIpc) is 2.28. The van der Waals surface area contributed by atoms with Gasteiger partial charge in [-0.3, -0.25) is 0 Å². The highest BCUT2D eigenvalue weighted by atomic mass is 35.7. The van der Waals surface area contributed by atoms with Gasteiger partial charge in [-0.05, 0) is 0 Å². The van der Waals surface area contributed by atoms with Crippen LogP contribution in [-0.4, -0.2) is 13.6 Å². The molecule has 0 radical (unpaired) electrons. The highest BCUT2D eigenvalue weighted by molar-refractivity contribution is 8.13. The number of alkyl halides is 3. The molecule has 0 N–H and O–H groups in total. The van der Waals surface area contributed by atoms with Crippen molar-refractivity contribution in [1.82, 2.24) is 5.16 Å². The maximum Gasteiger partial charge on any atom is 0.436 e. The van der Waals surface area contributed by atoms with E-state index in [9.17, 15) is 21.6 Å². The SMILES string of the molecule is O=S(=O)(Cl)c1cc(C(F)(F)F)no1. The third-order valence-electron chi connectivity index (χ3n) is 1.02. The molecule has 1 heterocycles. The van der Waals surface area contributed by atoms with Gasteiger partial charge in [0.05, 0.1) is 0 Å². The van der Waals surface area contributed by atoms with Crippen LogP contribution in [0.2, 0.25) is 0 Å². The molecule has 0 fully saturated rings. The van der Waals surface area contributed by atoms with E-state index in [0.717, 1.165) is 0 Å². The van der Waals surface area contributed by atoms with Crippen molar-refractivity contribution in [2.75, 3.05) is 0 Å². The Hall–Kier alpha value is -0.760. The Morgan fingerprint density at radius 3 is 2.23 bits per heavy atom. The Bertz CT molecular complexity index is 409. The quantitative estimate of drug-likeness (QED) is 0.694. The summed E-state index contributed by atoms with van der Waals surface area (Å²) in [6.07, 6.45) is -4.75. The maximum absolute atomic E-state index is 11.8. The first-order valence-electron chi connectivity index (χ1n) is 2.70. The van der Waals surface area contributed by atoms with Crippen LogP contribution < -0.4 is 0 Å². The molecule has 13 heavy (non-hydrogen) atoms. The van der Waals surface area contributed by atoms with Gasteiger partial charge in [0, 0.05) is 16.7 Å². The topological polar surface area (TPSA) is 60.2 Å².